The van der Waals surface area contributed by atoms with E-state index in [2.05, 4.69) is 0 Å². The zero-order valence-corrected chi connectivity index (χ0v) is 14.7. The van der Waals surface area contributed by atoms with E-state index in [4.69, 9.17) is 9.84 Å². The molecule has 0 saturated heterocycles. The van der Waals surface area contributed by atoms with Crippen LogP contribution in [0.5, 0.6) is 0 Å². The van der Waals surface area contributed by atoms with Gasteiger partial charge in [-0.2, -0.15) is 0 Å². The molecule has 0 radical (unpaired) electrons. The number of hydrogen-bond donors (Lipinski definition) is 1. The van der Waals surface area contributed by atoms with Crippen LogP contribution in [0.3, 0.4) is 0 Å². The highest BCUT2D eigenvalue weighted by Crippen LogP contribution is 2.23. The Hall–Kier alpha value is -1.84. The standard InChI is InChI=1S/C20H30O4/c1-2-12-18-17(15-16-20(23)24-18)13-10-8-6-4-3-5-7-9-11-14-19(21)22/h2,11-12,14-18H,3-10,13H2,1H3,(H,21,22)/b12-2?,14-11+/t17-,18-/m0/s1. The second kappa shape index (κ2) is 12.6. The Bertz CT molecular complexity index is 462. The minimum Gasteiger partial charge on any atom is -0.478 e. The van der Waals surface area contributed by atoms with Crippen molar-refractivity contribution in [1.82, 2.24) is 0 Å². The third kappa shape index (κ3) is 9.33. The molecular weight excluding hydrogens is 304 g/mol. The molecule has 0 amide bonds. The first-order chi connectivity index (χ1) is 11.6. The van der Waals surface area contributed by atoms with Crippen molar-refractivity contribution in [2.45, 2.75) is 70.8 Å². The number of ether oxygens (including phenoxy) is 1. The van der Waals surface area contributed by atoms with E-state index in [0.717, 1.165) is 32.1 Å². The molecule has 134 valence electrons. The predicted molar refractivity (Wildman–Crippen MR) is 95.7 cm³/mol. The highest BCUT2D eigenvalue weighted by atomic mass is 16.5. The van der Waals surface area contributed by atoms with Crippen LogP contribution in [0.15, 0.2) is 36.5 Å². The van der Waals surface area contributed by atoms with E-state index in [1.54, 1.807) is 12.2 Å². The first-order valence-corrected chi connectivity index (χ1v) is 9.04. The second-order valence-electron chi connectivity index (χ2n) is 6.24. The molecular formula is C20H30O4. The van der Waals surface area contributed by atoms with Crippen LogP contribution in [0.1, 0.15) is 64.7 Å². The number of allylic oxidation sites excluding steroid dienone is 2. The van der Waals surface area contributed by atoms with Crippen molar-refractivity contribution in [3.05, 3.63) is 36.5 Å². The van der Waals surface area contributed by atoms with E-state index in [9.17, 15) is 9.59 Å². The number of carbonyl (C=O) groups is 2. The van der Waals surface area contributed by atoms with Crippen LogP contribution in [-0.4, -0.2) is 23.1 Å². The third-order valence-corrected chi connectivity index (χ3v) is 4.20. The quantitative estimate of drug-likeness (QED) is 0.241. The lowest BCUT2D eigenvalue weighted by molar-refractivity contribution is -0.143. The lowest BCUT2D eigenvalue weighted by atomic mass is 9.92. The maximum absolute atomic E-state index is 11.3. The predicted octanol–water partition coefficient (Wildman–Crippen LogP) is 4.81. The Morgan fingerprint density at radius 3 is 2.50 bits per heavy atom. The number of rotatable bonds is 12. The summed E-state index contributed by atoms with van der Waals surface area (Å²) in [7, 11) is 0. The average molecular weight is 334 g/mol. The number of carboxylic acid groups (broad SMARTS) is 1. The molecule has 4 heteroatoms. The van der Waals surface area contributed by atoms with Crippen molar-refractivity contribution >= 4 is 11.9 Å². The van der Waals surface area contributed by atoms with Crippen LogP contribution in [0.2, 0.25) is 0 Å². The maximum atomic E-state index is 11.3. The van der Waals surface area contributed by atoms with Crippen molar-refractivity contribution in [3.63, 3.8) is 0 Å². The van der Waals surface area contributed by atoms with Crippen molar-refractivity contribution in [1.29, 1.82) is 0 Å². The highest BCUT2D eigenvalue weighted by Gasteiger charge is 2.23. The summed E-state index contributed by atoms with van der Waals surface area (Å²) in [5.41, 5.74) is 0. The Kier molecular flexibility index (Phi) is 10.6. The lowest BCUT2D eigenvalue weighted by Crippen LogP contribution is -2.27. The molecule has 0 saturated carbocycles. The van der Waals surface area contributed by atoms with Gasteiger partial charge in [-0.15, -0.1) is 0 Å². The van der Waals surface area contributed by atoms with Gasteiger partial charge in [0.05, 0.1) is 0 Å². The fraction of sp³-hybridized carbons (Fsp3) is 0.600. The molecule has 4 nitrogen and oxygen atoms in total. The van der Waals surface area contributed by atoms with E-state index in [1.807, 2.05) is 25.2 Å². The smallest absolute Gasteiger partial charge is 0.331 e. The summed E-state index contributed by atoms with van der Waals surface area (Å²) in [5, 5.41) is 8.47. The zero-order valence-electron chi connectivity index (χ0n) is 14.7. The van der Waals surface area contributed by atoms with Crippen LogP contribution in [-0.2, 0) is 14.3 Å². The van der Waals surface area contributed by atoms with Gasteiger partial charge in [-0.05, 0) is 32.3 Å². The monoisotopic (exact) mass is 334 g/mol. The molecule has 24 heavy (non-hydrogen) atoms. The molecule has 0 aromatic rings. The number of aliphatic carboxylic acids is 1. The van der Waals surface area contributed by atoms with Gasteiger partial charge in [0.15, 0.2) is 0 Å². The molecule has 1 heterocycles. The van der Waals surface area contributed by atoms with E-state index in [0.29, 0.717) is 5.92 Å². The minimum atomic E-state index is -0.866. The van der Waals surface area contributed by atoms with Crippen LogP contribution in [0, 0.1) is 5.92 Å². The first kappa shape index (κ1) is 20.2. The fourth-order valence-electron chi connectivity index (χ4n) is 2.91. The lowest BCUT2D eigenvalue weighted by Gasteiger charge is -2.25. The molecule has 2 atom stereocenters. The second-order valence-corrected chi connectivity index (χ2v) is 6.24. The van der Waals surface area contributed by atoms with Gasteiger partial charge in [0.1, 0.15) is 6.10 Å². The largest absolute Gasteiger partial charge is 0.478 e. The topological polar surface area (TPSA) is 63.6 Å². The van der Waals surface area contributed by atoms with Crippen LogP contribution in [0.4, 0.5) is 0 Å². The summed E-state index contributed by atoms with van der Waals surface area (Å²) >= 11 is 0. The molecule has 1 rings (SSSR count). The molecule has 0 aromatic carbocycles. The molecule has 1 N–H and O–H groups in total. The fourth-order valence-corrected chi connectivity index (χ4v) is 2.91. The normalized spacial score (nSPS) is 20.8. The van der Waals surface area contributed by atoms with Gasteiger partial charge in [-0.1, -0.05) is 56.8 Å². The Morgan fingerprint density at radius 2 is 1.83 bits per heavy atom. The summed E-state index contributed by atoms with van der Waals surface area (Å²) in [6.45, 7) is 1.95. The minimum absolute atomic E-state index is 0.105. The maximum Gasteiger partial charge on any atom is 0.331 e. The van der Waals surface area contributed by atoms with Crippen LogP contribution >= 0.6 is 0 Å². The van der Waals surface area contributed by atoms with Crippen molar-refractivity contribution in [2.24, 2.45) is 5.92 Å². The molecule has 0 aliphatic carbocycles. The number of hydrogen-bond acceptors (Lipinski definition) is 3. The molecule has 1 aliphatic heterocycles. The summed E-state index contributed by atoms with van der Waals surface area (Å²) < 4.78 is 5.34. The average Bonchev–Trinajstić information content (AvgIpc) is 2.54. The van der Waals surface area contributed by atoms with E-state index >= 15 is 0 Å². The summed E-state index contributed by atoms with van der Waals surface area (Å²) in [4.78, 5) is 21.6. The molecule has 0 spiro atoms. The zero-order chi connectivity index (χ0) is 17.6. The third-order valence-electron chi connectivity index (χ3n) is 4.20. The van der Waals surface area contributed by atoms with E-state index < -0.39 is 5.97 Å². The van der Waals surface area contributed by atoms with Gasteiger partial charge in [-0.25, -0.2) is 9.59 Å². The molecule has 0 fully saturated rings. The van der Waals surface area contributed by atoms with E-state index in [1.165, 1.54) is 31.8 Å². The summed E-state index contributed by atoms with van der Waals surface area (Å²) in [6, 6.07) is 0. The van der Waals surface area contributed by atoms with Crippen molar-refractivity contribution in [3.8, 4) is 0 Å². The molecule has 1 aliphatic rings. The van der Waals surface area contributed by atoms with Gasteiger partial charge < -0.3 is 9.84 Å². The Labute approximate surface area is 145 Å². The van der Waals surface area contributed by atoms with Crippen molar-refractivity contribution in [2.75, 3.05) is 0 Å². The SMILES string of the molecule is CC=C[C@@H]1OC(=O)C=C[C@@H]1CCCCCCCCC/C=C/C(=O)O. The molecule has 0 bridgehead atoms. The molecule has 0 unspecified atom stereocenters. The summed E-state index contributed by atoms with van der Waals surface area (Å²) in [6.07, 6.45) is 20.5. The van der Waals surface area contributed by atoms with E-state index in [-0.39, 0.29) is 12.1 Å². The van der Waals surface area contributed by atoms with Crippen LogP contribution < -0.4 is 0 Å². The van der Waals surface area contributed by atoms with Gasteiger partial charge in [-0.3, -0.25) is 0 Å². The van der Waals surface area contributed by atoms with Gasteiger partial charge in [0.2, 0.25) is 0 Å². The number of unbranched alkanes of at least 4 members (excludes halogenated alkanes) is 7. The Morgan fingerprint density at radius 1 is 1.17 bits per heavy atom. The Balaban J connectivity index is 2.02. The first-order valence-electron chi connectivity index (χ1n) is 9.04. The molecule has 0 aromatic heterocycles. The number of carboxylic acids is 1. The van der Waals surface area contributed by atoms with Gasteiger partial charge >= 0.3 is 11.9 Å². The number of carbonyl (C=O) groups excluding carboxylic acids is 1. The number of esters is 1. The highest BCUT2D eigenvalue weighted by molar-refractivity contribution is 5.83. The van der Waals surface area contributed by atoms with Crippen LogP contribution in [0.25, 0.3) is 0 Å². The summed E-state index contributed by atoms with van der Waals surface area (Å²) in [5.74, 6) is -0.804. The van der Waals surface area contributed by atoms with Gasteiger partial charge in [0, 0.05) is 18.1 Å². The van der Waals surface area contributed by atoms with Gasteiger partial charge in [0.25, 0.3) is 0 Å². The number of cyclic esters (lactones) is 1. The van der Waals surface area contributed by atoms with Crippen molar-refractivity contribution < 1.29 is 19.4 Å².